The molecule has 0 aliphatic carbocycles. The highest BCUT2D eigenvalue weighted by molar-refractivity contribution is 9.10. The number of hydrogen-bond donors (Lipinski definition) is 1. The summed E-state index contributed by atoms with van der Waals surface area (Å²) < 4.78 is 2.61. The lowest BCUT2D eigenvalue weighted by molar-refractivity contribution is 0.673. The molecule has 0 unspecified atom stereocenters. The molecule has 0 amide bonds. The van der Waals surface area contributed by atoms with Gasteiger partial charge < -0.3 is 5.32 Å². The fourth-order valence-corrected chi connectivity index (χ4v) is 2.17. The molecule has 6 heteroatoms. The number of benzene rings is 1. The Morgan fingerprint density at radius 2 is 2.32 bits per heavy atom. The van der Waals surface area contributed by atoms with Crippen LogP contribution in [0.1, 0.15) is 24.7 Å². The first-order valence-corrected chi connectivity index (χ1v) is 6.85. The van der Waals surface area contributed by atoms with E-state index in [1.54, 1.807) is 4.68 Å². The molecule has 0 spiro atoms. The lowest BCUT2D eigenvalue weighted by Crippen LogP contribution is -2.14. The first-order chi connectivity index (χ1) is 9.24. The lowest BCUT2D eigenvalue weighted by atomic mass is 10.2. The predicted molar refractivity (Wildman–Crippen MR) is 75.8 cm³/mol. The molecule has 98 valence electrons. The van der Waals surface area contributed by atoms with Crippen LogP contribution in [-0.4, -0.2) is 21.3 Å². The molecule has 0 aliphatic heterocycles. The van der Waals surface area contributed by atoms with Crippen molar-refractivity contribution >= 4 is 15.9 Å². The quantitative estimate of drug-likeness (QED) is 0.859. The zero-order valence-corrected chi connectivity index (χ0v) is 12.2. The van der Waals surface area contributed by atoms with E-state index in [9.17, 15) is 0 Å². The van der Waals surface area contributed by atoms with Crippen LogP contribution in [0.5, 0.6) is 0 Å². The molecule has 19 heavy (non-hydrogen) atoms. The van der Waals surface area contributed by atoms with Gasteiger partial charge in [0, 0.05) is 11.0 Å². The SMILES string of the molecule is CCCNCc1ccc(-n2cnc(C#N)n2)cc1Br. The summed E-state index contributed by atoms with van der Waals surface area (Å²) in [6.07, 6.45) is 2.65. The van der Waals surface area contributed by atoms with Crippen molar-refractivity contribution in [2.45, 2.75) is 19.9 Å². The van der Waals surface area contributed by atoms with Gasteiger partial charge in [-0.1, -0.05) is 28.9 Å². The molecule has 0 saturated heterocycles. The average Bonchev–Trinajstić information content (AvgIpc) is 2.89. The smallest absolute Gasteiger partial charge is 0.252 e. The highest BCUT2D eigenvalue weighted by Crippen LogP contribution is 2.20. The maximum absolute atomic E-state index is 8.71. The standard InChI is InChI=1S/C13H14BrN5/c1-2-5-16-8-10-3-4-11(6-12(10)14)19-9-17-13(7-15)18-19/h3-4,6,9,16H,2,5,8H2,1H3. The van der Waals surface area contributed by atoms with E-state index in [-0.39, 0.29) is 5.82 Å². The molecule has 0 saturated carbocycles. The second-order valence-corrected chi connectivity index (χ2v) is 4.93. The van der Waals surface area contributed by atoms with Gasteiger partial charge in [-0.25, -0.2) is 9.67 Å². The Morgan fingerprint density at radius 1 is 1.47 bits per heavy atom. The van der Waals surface area contributed by atoms with Crippen LogP contribution >= 0.6 is 15.9 Å². The molecule has 1 aromatic heterocycles. The molecule has 5 nitrogen and oxygen atoms in total. The van der Waals surface area contributed by atoms with Crippen LogP contribution in [0.15, 0.2) is 29.0 Å². The number of aromatic nitrogens is 3. The van der Waals surface area contributed by atoms with Crippen molar-refractivity contribution in [2.75, 3.05) is 6.54 Å². The first-order valence-electron chi connectivity index (χ1n) is 6.06. The van der Waals surface area contributed by atoms with Crippen molar-refractivity contribution < 1.29 is 0 Å². The Morgan fingerprint density at radius 3 is 2.95 bits per heavy atom. The van der Waals surface area contributed by atoms with Gasteiger partial charge >= 0.3 is 0 Å². The number of nitrogens with one attached hydrogen (secondary N) is 1. The van der Waals surface area contributed by atoms with Crippen LogP contribution in [0.2, 0.25) is 0 Å². The van der Waals surface area contributed by atoms with Crippen molar-refractivity contribution in [3.8, 4) is 11.8 Å². The van der Waals surface area contributed by atoms with E-state index in [1.807, 2.05) is 24.3 Å². The van der Waals surface area contributed by atoms with Crippen molar-refractivity contribution in [1.29, 1.82) is 5.26 Å². The van der Waals surface area contributed by atoms with E-state index >= 15 is 0 Å². The summed E-state index contributed by atoms with van der Waals surface area (Å²) >= 11 is 3.55. The Kier molecular flexibility index (Phi) is 4.66. The Bertz CT molecular complexity index is 599. The summed E-state index contributed by atoms with van der Waals surface area (Å²) in [6, 6.07) is 7.88. The maximum Gasteiger partial charge on any atom is 0.252 e. The van der Waals surface area contributed by atoms with Gasteiger partial charge in [0.15, 0.2) is 0 Å². The molecule has 1 heterocycles. The predicted octanol–water partition coefficient (Wildman–Crippen LogP) is 2.40. The van der Waals surface area contributed by atoms with E-state index in [0.29, 0.717) is 0 Å². The maximum atomic E-state index is 8.71. The average molecular weight is 320 g/mol. The highest BCUT2D eigenvalue weighted by atomic mass is 79.9. The van der Waals surface area contributed by atoms with Gasteiger partial charge in [0.1, 0.15) is 12.4 Å². The number of nitriles is 1. The Hall–Kier alpha value is -1.71. The second kappa shape index (κ2) is 6.45. The van der Waals surface area contributed by atoms with Crippen molar-refractivity contribution in [3.63, 3.8) is 0 Å². The van der Waals surface area contributed by atoms with E-state index < -0.39 is 0 Å². The molecule has 0 bridgehead atoms. The highest BCUT2D eigenvalue weighted by Gasteiger charge is 2.05. The fraction of sp³-hybridized carbons (Fsp3) is 0.308. The minimum absolute atomic E-state index is 0.171. The molecule has 0 fully saturated rings. The zero-order chi connectivity index (χ0) is 13.7. The third kappa shape index (κ3) is 3.40. The lowest BCUT2D eigenvalue weighted by Gasteiger charge is -2.08. The number of hydrogen-bond acceptors (Lipinski definition) is 4. The number of halogens is 1. The van der Waals surface area contributed by atoms with E-state index in [4.69, 9.17) is 5.26 Å². The van der Waals surface area contributed by atoms with Gasteiger partial charge in [-0.2, -0.15) is 5.26 Å². The zero-order valence-electron chi connectivity index (χ0n) is 10.6. The van der Waals surface area contributed by atoms with Gasteiger partial charge in [0.05, 0.1) is 5.69 Å². The number of nitrogens with zero attached hydrogens (tertiary/aromatic N) is 4. The van der Waals surface area contributed by atoms with Gasteiger partial charge in [-0.3, -0.25) is 0 Å². The first kappa shape index (κ1) is 13.7. The van der Waals surface area contributed by atoms with Crippen molar-refractivity contribution in [1.82, 2.24) is 20.1 Å². The Labute approximate surface area is 120 Å². The molecule has 1 N–H and O–H groups in total. The van der Waals surface area contributed by atoms with Crippen LogP contribution in [-0.2, 0) is 6.54 Å². The summed E-state index contributed by atoms with van der Waals surface area (Å²) in [5, 5.41) is 16.1. The van der Waals surface area contributed by atoms with E-state index in [0.717, 1.165) is 29.7 Å². The van der Waals surface area contributed by atoms with Crippen LogP contribution < -0.4 is 5.32 Å². The molecular formula is C13H14BrN5. The summed E-state index contributed by atoms with van der Waals surface area (Å²) in [7, 11) is 0. The third-order valence-electron chi connectivity index (χ3n) is 2.64. The molecule has 2 rings (SSSR count). The van der Waals surface area contributed by atoms with Gasteiger partial charge in [-0.05, 0) is 30.7 Å². The second-order valence-electron chi connectivity index (χ2n) is 4.08. The monoisotopic (exact) mass is 319 g/mol. The minimum atomic E-state index is 0.171. The summed E-state index contributed by atoms with van der Waals surface area (Å²) in [5.74, 6) is 0.171. The van der Waals surface area contributed by atoms with Crippen LogP contribution in [0.3, 0.4) is 0 Å². The molecule has 0 aliphatic rings. The van der Waals surface area contributed by atoms with Crippen molar-refractivity contribution in [3.05, 3.63) is 40.4 Å². The molecule has 1 aromatic carbocycles. The third-order valence-corrected chi connectivity index (χ3v) is 3.37. The molecule has 0 atom stereocenters. The fourth-order valence-electron chi connectivity index (χ4n) is 1.66. The molecule has 0 radical (unpaired) electrons. The minimum Gasteiger partial charge on any atom is -0.313 e. The topological polar surface area (TPSA) is 66.5 Å². The molecular weight excluding hydrogens is 306 g/mol. The van der Waals surface area contributed by atoms with Gasteiger partial charge in [-0.15, -0.1) is 5.10 Å². The molecule has 2 aromatic rings. The summed E-state index contributed by atoms with van der Waals surface area (Å²) in [5.41, 5.74) is 2.07. The summed E-state index contributed by atoms with van der Waals surface area (Å²) in [4.78, 5) is 3.89. The van der Waals surface area contributed by atoms with Crippen LogP contribution in [0.4, 0.5) is 0 Å². The largest absolute Gasteiger partial charge is 0.313 e. The number of rotatable bonds is 5. The van der Waals surface area contributed by atoms with Crippen LogP contribution in [0.25, 0.3) is 5.69 Å². The van der Waals surface area contributed by atoms with E-state index in [1.165, 1.54) is 11.9 Å². The van der Waals surface area contributed by atoms with Gasteiger partial charge in [0.25, 0.3) is 5.82 Å². The van der Waals surface area contributed by atoms with Crippen LogP contribution in [0, 0.1) is 11.3 Å². The van der Waals surface area contributed by atoms with E-state index in [2.05, 4.69) is 38.3 Å². The van der Waals surface area contributed by atoms with Gasteiger partial charge in [0.2, 0.25) is 0 Å². The van der Waals surface area contributed by atoms with Crippen molar-refractivity contribution in [2.24, 2.45) is 0 Å². The normalized spacial score (nSPS) is 10.4. The summed E-state index contributed by atoms with van der Waals surface area (Å²) in [6.45, 7) is 3.97. The Balaban J connectivity index is 2.16.